The third-order valence-electron chi connectivity index (χ3n) is 4.24. The lowest BCUT2D eigenvalue weighted by atomic mass is 10.1. The number of hydrogen-bond donors (Lipinski definition) is 0. The Morgan fingerprint density at radius 3 is 2.74 bits per heavy atom. The maximum Gasteiger partial charge on any atom is 0.135 e. The molecule has 0 amide bonds. The molecule has 0 radical (unpaired) electrons. The van der Waals surface area contributed by atoms with Gasteiger partial charge in [-0.3, -0.25) is 4.79 Å². The van der Waals surface area contributed by atoms with E-state index in [1.165, 1.54) is 42.3 Å². The van der Waals surface area contributed by atoms with Gasteiger partial charge in [-0.1, -0.05) is 31.0 Å². The summed E-state index contributed by atoms with van der Waals surface area (Å²) in [6.07, 6.45) is 5.97. The smallest absolute Gasteiger partial charge is 0.135 e. The molecule has 1 aliphatic rings. The topological polar surface area (TPSA) is 22.0 Å². The van der Waals surface area contributed by atoms with E-state index >= 15 is 0 Å². The Hall–Kier alpha value is -1.57. The summed E-state index contributed by atoms with van der Waals surface area (Å²) in [7, 11) is 0. The molecule has 3 rings (SSSR count). The minimum absolute atomic E-state index is 0.246. The molecule has 2 heteroatoms. The van der Waals surface area contributed by atoms with Crippen LogP contribution in [0.3, 0.4) is 0 Å². The van der Waals surface area contributed by atoms with Crippen molar-refractivity contribution in [3.63, 3.8) is 0 Å². The van der Waals surface area contributed by atoms with Gasteiger partial charge in [0.2, 0.25) is 0 Å². The fourth-order valence-electron chi connectivity index (χ4n) is 3.34. The molecule has 1 saturated carbocycles. The van der Waals surface area contributed by atoms with E-state index in [4.69, 9.17) is 0 Å². The number of aromatic nitrogens is 1. The van der Waals surface area contributed by atoms with Gasteiger partial charge < -0.3 is 4.57 Å². The summed E-state index contributed by atoms with van der Waals surface area (Å²) in [5, 5.41) is 1.26. The van der Waals surface area contributed by atoms with Crippen LogP contribution in [0.1, 0.15) is 38.3 Å². The predicted octanol–water partition coefficient (Wildman–Crippen LogP) is 3.96. The van der Waals surface area contributed by atoms with Gasteiger partial charge in [-0.2, -0.15) is 0 Å². The van der Waals surface area contributed by atoms with Gasteiger partial charge in [-0.15, -0.1) is 0 Å². The third kappa shape index (κ3) is 2.58. The molecule has 2 aromatic rings. The van der Waals surface area contributed by atoms with Crippen molar-refractivity contribution in [1.29, 1.82) is 0 Å². The monoisotopic (exact) mass is 255 g/mol. The van der Waals surface area contributed by atoms with E-state index in [-0.39, 0.29) is 5.78 Å². The van der Waals surface area contributed by atoms with Crippen molar-refractivity contribution >= 4 is 16.7 Å². The zero-order chi connectivity index (χ0) is 13.2. The van der Waals surface area contributed by atoms with E-state index in [1.807, 2.05) is 0 Å². The second-order valence-electron chi connectivity index (χ2n) is 5.83. The number of carbonyl (C=O) groups is 1. The van der Waals surface area contributed by atoms with Gasteiger partial charge in [0.1, 0.15) is 5.78 Å². The van der Waals surface area contributed by atoms with E-state index in [1.54, 1.807) is 6.92 Å². The second-order valence-corrected chi connectivity index (χ2v) is 5.83. The highest BCUT2D eigenvalue weighted by atomic mass is 16.1. The van der Waals surface area contributed by atoms with Crippen LogP contribution in [0.4, 0.5) is 0 Å². The molecule has 1 heterocycles. The van der Waals surface area contributed by atoms with Gasteiger partial charge in [-0.25, -0.2) is 0 Å². The van der Waals surface area contributed by atoms with Crippen LogP contribution >= 0.6 is 0 Å². The minimum atomic E-state index is 0.246. The Labute approximate surface area is 114 Å². The molecule has 0 spiro atoms. The fourth-order valence-corrected chi connectivity index (χ4v) is 3.34. The van der Waals surface area contributed by atoms with Crippen LogP contribution in [0, 0.1) is 5.92 Å². The highest BCUT2D eigenvalue weighted by molar-refractivity contribution is 5.84. The summed E-state index contributed by atoms with van der Waals surface area (Å²) in [5.74, 6) is 1.04. The molecule has 100 valence electrons. The molecule has 0 bridgehead atoms. The van der Waals surface area contributed by atoms with Gasteiger partial charge in [0, 0.05) is 24.2 Å². The molecule has 19 heavy (non-hydrogen) atoms. The molecule has 1 aromatic carbocycles. The molecule has 1 fully saturated rings. The first-order valence-corrected chi connectivity index (χ1v) is 7.30. The number of fused-ring (bicyclic) bond motifs is 1. The van der Waals surface area contributed by atoms with Crippen molar-refractivity contribution < 1.29 is 4.79 Å². The molecule has 1 aromatic heterocycles. The van der Waals surface area contributed by atoms with Crippen molar-refractivity contribution in [3.05, 3.63) is 36.0 Å². The lowest BCUT2D eigenvalue weighted by Gasteiger charge is -2.15. The Morgan fingerprint density at radius 2 is 2.00 bits per heavy atom. The van der Waals surface area contributed by atoms with Crippen LogP contribution < -0.4 is 0 Å². The van der Waals surface area contributed by atoms with Crippen LogP contribution in [0.25, 0.3) is 10.9 Å². The zero-order valence-electron chi connectivity index (χ0n) is 11.6. The first kappa shape index (κ1) is 12.5. The molecule has 0 unspecified atom stereocenters. The standard InChI is InChI=1S/C17H21NO/c1-13(19)10-16-11-15-8-4-5-9-17(15)18(16)12-14-6-2-3-7-14/h4-5,8-9,11,14H,2-3,6-7,10,12H2,1H3. The summed E-state index contributed by atoms with van der Waals surface area (Å²) >= 11 is 0. The Morgan fingerprint density at radius 1 is 1.26 bits per heavy atom. The van der Waals surface area contributed by atoms with Crippen molar-refractivity contribution in [2.75, 3.05) is 0 Å². The van der Waals surface area contributed by atoms with Crippen molar-refractivity contribution in [2.24, 2.45) is 5.92 Å². The van der Waals surface area contributed by atoms with Crippen molar-refractivity contribution in [3.8, 4) is 0 Å². The predicted molar refractivity (Wildman–Crippen MR) is 78.3 cm³/mol. The van der Waals surface area contributed by atoms with Crippen molar-refractivity contribution in [1.82, 2.24) is 4.57 Å². The van der Waals surface area contributed by atoms with Gasteiger partial charge in [0.05, 0.1) is 0 Å². The number of hydrogen-bond acceptors (Lipinski definition) is 1. The van der Waals surface area contributed by atoms with Crippen LogP contribution in [0.15, 0.2) is 30.3 Å². The van der Waals surface area contributed by atoms with Gasteiger partial charge in [0.25, 0.3) is 0 Å². The van der Waals surface area contributed by atoms with Gasteiger partial charge >= 0.3 is 0 Å². The SMILES string of the molecule is CC(=O)Cc1cc2ccccc2n1CC1CCCC1. The number of rotatable bonds is 4. The highest BCUT2D eigenvalue weighted by Crippen LogP contribution is 2.29. The highest BCUT2D eigenvalue weighted by Gasteiger charge is 2.18. The van der Waals surface area contributed by atoms with Gasteiger partial charge in [-0.05, 0) is 43.2 Å². The van der Waals surface area contributed by atoms with Gasteiger partial charge in [0.15, 0.2) is 0 Å². The van der Waals surface area contributed by atoms with E-state index in [9.17, 15) is 4.79 Å². The molecule has 0 saturated heterocycles. The Balaban J connectivity index is 1.99. The Bertz CT molecular complexity index is 590. The number of Topliss-reactive ketones (excluding diaryl/α,β-unsaturated/α-hetero) is 1. The third-order valence-corrected chi connectivity index (χ3v) is 4.24. The normalized spacial score (nSPS) is 16.3. The molecule has 0 aliphatic heterocycles. The summed E-state index contributed by atoms with van der Waals surface area (Å²) < 4.78 is 2.38. The van der Waals surface area contributed by atoms with E-state index < -0.39 is 0 Å². The molecular formula is C17H21NO. The number of carbonyl (C=O) groups excluding carboxylic acids is 1. The quantitative estimate of drug-likeness (QED) is 0.810. The number of ketones is 1. The Kier molecular flexibility index (Phi) is 3.41. The second kappa shape index (κ2) is 5.20. The van der Waals surface area contributed by atoms with Crippen LogP contribution in [-0.4, -0.2) is 10.4 Å². The van der Waals surface area contributed by atoms with E-state index in [0.717, 1.165) is 12.5 Å². The molecule has 0 atom stereocenters. The maximum absolute atomic E-state index is 11.5. The molecule has 2 nitrogen and oxygen atoms in total. The summed E-state index contributed by atoms with van der Waals surface area (Å²) in [5.41, 5.74) is 2.46. The summed E-state index contributed by atoms with van der Waals surface area (Å²) in [6, 6.07) is 10.7. The van der Waals surface area contributed by atoms with E-state index in [2.05, 4.69) is 34.9 Å². The lowest BCUT2D eigenvalue weighted by molar-refractivity contribution is -0.116. The number of nitrogens with zero attached hydrogens (tertiary/aromatic N) is 1. The lowest BCUT2D eigenvalue weighted by Crippen LogP contribution is -2.12. The van der Waals surface area contributed by atoms with Crippen LogP contribution in [0.5, 0.6) is 0 Å². The fraction of sp³-hybridized carbons (Fsp3) is 0.471. The average molecular weight is 255 g/mol. The minimum Gasteiger partial charge on any atom is -0.344 e. The number of para-hydroxylation sites is 1. The summed E-state index contributed by atoms with van der Waals surface area (Å²) in [6.45, 7) is 2.76. The molecule has 0 N–H and O–H groups in total. The zero-order valence-corrected chi connectivity index (χ0v) is 11.6. The first-order chi connectivity index (χ1) is 9.24. The van der Waals surface area contributed by atoms with Crippen LogP contribution in [-0.2, 0) is 17.8 Å². The average Bonchev–Trinajstić information content (AvgIpc) is 2.99. The molecule has 1 aliphatic carbocycles. The maximum atomic E-state index is 11.5. The summed E-state index contributed by atoms with van der Waals surface area (Å²) in [4.78, 5) is 11.5. The largest absolute Gasteiger partial charge is 0.344 e. The van der Waals surface area contributed by atoms with Crippen LogP contribution in [0.2, 0.25) is 0 Å². The van der Waals surface area contributed by atoms with E-state index in [0.29, 0.717) is 6.42 Å². The first-order valence-electron chi connectivity index (χ1n) is 7.30. The van der Waals surface area contributed by atoms with Crippen molar-refractivity contribution in [2.45, 2.75) is 45.6 Å². The number of benzene rings is 1. The molecular weight excluding hydrogens is 234 g/mol.